The van der Waals surface area contributed by atoms with Gasteiger partial charge in [-0.25, -0.2) is 4.98 Å². The number of hydrogen-bond donors (Lipinski definition) is 1. The molecule has 0 atom stereocenters. The van der Waals surface area contributed by atoms with Crippen LogP contribution in [0, 0.1) is 0 Å². The summed E-state index contributed by atoms with van der Waals surface area (Å²) in [4.78, 5) is 22.8. The fourth-order valence-corrected chi connectivity index (χ4v) is 2.69. The molecule has 5 nitrogen and oxygen atoms in total. The van der Waals surface area contributed by atoms with Gasteiger partial charge in [0.15, 0.2) is 5.82 Å². The molecule has 1 aliphatic rings. The van der Waals surface area contributed by atoms with Crippen LogP contribution in [0.15, 0.2) is 41.5 Å². The number of nitrogens with zero attached hydrogens (tertiary/aromatic N) is 3. The Balaban J connectivity index is 1.73. The highest BCUT2D eigenvalue weighted by molar-refractivity contribution is 6.33. The number of piperazine rings is 1. The quantitative estimate of drug-likeness (QED) is 0.915. The van der Waals surface area contributed by atoms with Gasteiger partial charge in [0, 0.05) is 38.6 Å². The molecular formula is C14H15ClN4O. The number of benzene rings is 1. The summed E-state index contributed by atoms with van der Waals surface area (Å²) in [6.45, 7) is 3.15. The summed E-state index contributed by atoms with van der Waals surface area (Å²) in [5, 5.41) is 0.761. The van der Waals surface area contributed by atoms with Crippen molar-refractivity contribution in [3.8, 4) is 0 Å². The van der Waals surface area contributed by atoms with E-state index in [9.17, 15) is 4.79 Å². The zero-order chi connectivity index (χ0) is 13.9. The summed E-state index contributed by atoms with van der Waals surface area (Å²) in [6, 6.07) is 7.82. The predicted octanol–water partition coefficient (Wildman–Crippen LogP) is 1.75. The minimum Gasteiger partial charge on any atom is -0.367 e. The van der Waals surface area contributed by atoms with E-state index in [0.29, 0.717) is 5.82 Å². The highest BCUT2D eigenvalue weighted by atomic mass is 35.5. The van der Waals surface area contributed by atoms with Gasteiger partial charge in [0.25, 0.3) is 5.56 Å². The third-order valence-electron chi connectivity index (χ3n) is 3.46. The van der Waals surface area contributed by atoms with Gasteiger partial charge in [-0.3, -0.25) is 4.79 Å². The summed E-state index contributed by atoms with van der Waals surface area (Å²) in [5.41, 5.74) is 0.905. The smallest absolute Gasteiger partial charge is 0.290 e. The Morgan fingerprint density at radius 1 is 1.10 bits per heavy atom. The molecule has 1 fully saturated rings. The Bertz CT molecular complexity index is 649. The van der Waals surface area contributed by atoms with Crippen LogP contribution in [0.4, 0.5) is 11.5 Å². The van der Waals surface area contributed by atoms with Crippen molar-refractivity contribution in [3.63, 3.8) is 0 Å². The lowest BCUT2D eigenvalue weighted by atomic mass is 10.2. The first-order valence-corrected chi connectivity index (χ1v) is 6.91. The van der Waals surface area contributed by atoms with Crippen molar-refractivity contribution in [2.75, 3.05) is 36.0 Å². The Morgan fingerprint density at radius 3 is 2.50 bits per heavy atom. The molecule has 1 aliphatic heterocycles. The highest BCUT2D eigenvalue weighted by Gasteiger charge is 2.21. The molecule has 0 bridgehead atoms. The highest BCUT2D eigenvalue weighted by Crippen LogP contribution is 2.26. The van der Waals surface area contributed by atoms with Gasteiger partial charge in [0.2, 0.25) is 0 Å². The van der Waals surface area contributed by atoms with E-state index in [1.54, 1.807) is 12.4 Å². The number of aromatic nitrogens is 2. The van der Waals surface area contributed by atoms with Crippen LogP contribution in [0.5, 0.6) is 0 Å². The maximum atomic E-state index is 11.7. The summed E-state index contributed by atoms with van der Waals surface area (Å²) >= 11 is 6.21. The lowest BCUT2D eigenvalue weighted by Crippen LogP contribution is -2.48. The Morgan fingerprint density at radius 2 is 1.80 bits per heavy atom. The van der Waals surface area contributed by atoms with Gasteiger partial charge in [0.05, 0.1) is 10.7 Å². The molecule has 1 aromatic heterocycles. The van der Waals surface area contributed by atoms with Crippen molar-refractivity contribution in [2.45, 2.75) is 0 Å². The average molecular weight is 291 g/mol. The molecule has 6 heteroatoms. The molecule has 2 heterocycles. The van der Waals surface area contributed by atoms with Crippen LogP contribution in [-0.4, -0.2) is 36.1 Å². The van der Waals surface area contributed by atoms with Crippen molar-refractivity contribution in [1.29, 1.82) is 0 Å². The number of anilines is 2. The summed E-state index contributed by atoms with van der Waals surface area (Å²) in [6.07, 6.45) is 3.16. The normalized spacial score (nSPS) is 15.4. The first-order valence-electron chi connectivity index (χ1n) is 6.54. The van der Waals surface area contributed by atoms with Gasteiger partial charge in [-0.05, 0) is 12.1 Å². The average Bonchev–Trinajstić information content (AvgIpc) is 2.49. The van der Waals surface area contributed by atoms with E-state index in [1.807, 2.05) is 29.2 Å². The van der Waals surface area contributed by atoms with Crippen LogP contribution in [0.25, 0.3) is 0 Å². The molecule has 0 spiro atoms. The van der Waals surface area contributed by atoms with Crippen molar-refractivity contribution >= 4 is 23.1 Å². The zero-order valence-electron chi connectivity index (χ0n) is 10.9. The number of halogens is 1. The largest absolute Gasteiger partial charge is 0.367 e. The predicted molar refractivity (Wildman–Crippen MR) is 80.7 cm³/mol. The zero-order valence-corrected chi connectivity index (χ0v) is 11.7. The van der Waals surface area contributed by atoms with E-state index in [0.717, 1.165) is 36.9 Å². The minimum absolute atomic E-state index is 0.140. The number of hydrogen-bond acceptors (Lipinski definition) is 4. The topological polar surface area (TPSA) is 52.2 Å². The molecule has 0 radical (unpaired) electrons. The second-order valence-corrected chi connectivity index (χ2v) is 5.07. The molecule has 1 N–H and O–H groups in total. The standard InChI is InChI=1S/C14H15ClN4O/c15-11-3-1-2-4-12(11)18-7-9-19(10-8-18)13-14(20)17-6-5-16-13/h1-6H,7-10H2,(H,17,20). The second kappa shape index (κ2) is 5.54. The van der Waals surface area contributed by atoms with Crippen LogP contribution in [0.1, 0.15) is 0 Å². The van der Waals surface area contributed by atoms with Gasteiger partial charge in [0.1, 0.15) is 0 Å². The summed E-state index contributed by atoms with van der Waals surface area (Å²) in [5.74, 6) is 0.492. The van der Waals surface area contributed by atoms with E-state index in [4.69, 9.17) is 11.6 Å². The molecule has 2 aromatic rings. The summed E-state index contributed by atoms with van der Waals surface area (Å²) < 4.78 is 0. The molecule has 0 aliphatic carbocycles. The van der Waals surface area contributed by atoms with E-state index in [-0.39, 0.29) is 5.56 Å². The van der Waals surface area contributed by atoms with Crippen LogP contribution in [0.3, 0.4) is 0 Å². The fraction of sp³-hybridized carbons (Fsp3) is 0.286. The summed E-state index contributed by atoms with van der Waals surface area (Å²) in [7, 11) is 0. The molecule has 3 rings (SSSR count). The number of rotatable bonds is 2. The van der Waals surface area contributed by atoms with Gasteiger partial charge in [-0.15, -0.1) is 0 Å². The first-order chi connectivity index (χ1) is 9.75. The number of H-pyrrole nitrogens is 1. The Labute approximate surface area is 121 Å². The lowest BCUT2D eigenvalue weighted by Gasteiger charge is -2.36. The van der Waals surface area contributed by atoms with E-state index < -0.39 is 0 Å². The Hall–Kier alpha value is -2.01. The molecule has 0 amide bonds. The minimum atomic E-state index is -0.140. The van der Waals surface area contributed by atoms with Crippen molar-refractivity contribution in [1.82, 2.24) is 9.97 Å². The third kappa shape index (κ3) is 2.49. The van der Waals surface area contributed by atoms with Gasteiger partial charge in [-0.1, -0.05) is 23.7 Å². The van der Waals surface area contributed by atoms with Crippen LogP contribution >= 0.6 is 11.6 Å². The van der Waals surface area contributed by atoms with E-state index in [2.05, 4.69) is 14.9 Å². The lowest BCUT2D eigenvalue weighted by molar-refractivity contribution is 0.644. The molecule has 104 valence electrons. The van der Waals surface area contributed by atoms with Crippen LogP contribution in [0.2, 0.25) is 5.02 Å². The maximum absolute atomic E-state index is 11.7. The van der Waals surface area contributed by atoms with Gasteiger partial charge in [-0.2, -0.15) is 0 Å². The first kappa shape index (κ1) is 13.0. The number of nitrogens with one attached hydrogen (secondary N) is 1. The SMILES string of the molecule is O=c1[nH]ccnc1N1CCN(c2ccccc2Cl)CC1. The van der Waals surface area contributed by atoms with Crippen LogP contribution in [-0.2, 0) is 0 Å². The molecular weight excluding hydrogens is 276 g/mol. The third-order valence-corrected chi connectivity index (χ3v) is 3.78. The van der Waals surface area contributed by atoms with Crippen LogP contribution < -0.4 is 15.4 Å². The molecule has 1 aromatic carbocycles. The fourth-order valence-electron chi connectivity index (χ4n) is 2.44. The molecule has 0 saturated carbocycles. The Kier molecular flexibility index (Phi) is 3.60. The number of para-hydroxylation sites is 1. The molecule has 0 unspecified atom stereocenters. The maximum Gasteiger partial charge on any atom is 0.290 e. The van der Waals surface area contributed by atoms with Gasteiger partial charge >= 0.3 is 0 Å². The second-order valence-electron chi connectivity index (χ2n) is 4.67. The van der Waals surface area contributed by atoms with Crippen molar-refractivity contribution in [2.24, 2.45) is 0 Å². The van der Waals surface area contributed by atoms with Crippen molar-refractivity contribution in [3.05, 3.63) is 52.0 Å². The molecule has 1 saturated heterocycles. The van der Waals surface area contributed by atoms with E-state index in [1.165, 1.54) is 0 Å². The van der Waals surface area contributed by atoms with Gasteiger partial charge < -0.3 is 14.8 Å². The molecule has 20 heavy (non-hydrogen) atoms. The van der Waals surface area contributed by atoms with Crippen molar-refractivity contribution < 1.29 is 0 Å². The monoisotopic (exact) mass is 290 g/mol. The number of aromatic amines is 1. The van der Waals surface area contributed by atoms with E-state index >= 15 is 0 Å².